The molecule has 1 heterocycles. The van der Waals surface area contributed by atoms with Crippen molar-refractivity contribution in [1.29, 1.82) is 0 Å². The van der Waals surface area contributed by atoms with Crippen LogP contribution >= 0.6 is 11.8 Å². The zero-order valence-electron chi connectivity index (χ0n) is 14.3. The van der Waals surface area contributed by atoms with Crippen molar-refractivity contribution in [3.63, 3.8) is 0 Å². The molecule has 134 valence electrons. The molecule has 0 saturated heterocycles. The summed E-state index contributed by atoms with van der Waals surface area (Å²) in [5.41, 5.74) is 0.575. The Labute approximate surface area is 150 Å². The Morgan fingerprint density at radius 1 is 1.20 bits per heavy atom. The number of methoxy groups -OCH3 is 1. The highest BCUT2D eigenvalue weighted by molar-refractivity contribution is 7.98. The molecule has 3 amide bonds. The summed E-state index contributed by atoms with van der Waals surface area (Å²) >= 11 is 1.50. The Hall–Kier alpha value is -2.35. The van der Waals surface area contributed by atoms with E-state index in [9.17, 15) is 19.2 Å². The minimum Gasteiger partial charge on any atom is -0.467 e. The van der Waals surface area contributed by atoms with Crippen LogP contribution in [0.5, 0.6) is 0 Å². The van der Waals surface area contributed by atoms with Crippen LogP contribution in [0.1, 0.15) is 34.1 Å². The topological polar surface area (TPSA) is 92.8 Å². The smallest absolute Gasteiger partial charge is 0.328 e. The molecule has 0 aliphatic carbocycles. The van der Waals surface area contributed by atoms with Gasteiger partial charge in [-0.25, -0.2) is 4.79 Å². The Morgan fingerprint density at radius 2 is 1.76 bits per heavy atom. The molecule has 1 aliphatic rings. The van der Waals surface area contributed by atoms with Gasteiger partial charge in [0.15, 0.2) is 0 Å². The van der Waals surface area contributed by atoms with E-state index in [-0.39, 0.29) is 11.1 Å². The summed E-state index contributed by atoms with van der Waals surface area (Å²) in [6, 6.07) is 4.62. The van der Waals surface area contributed by atoms with E-state index in [4.69, 9.17) is 0 Å². The average molecular weight is 364 g/mol. The molecule has 0 radical (unpaired) electrons. The Morgan fingerprint density at radius 3 is 2.24 bits per heavy atom. The number of carbonyl (C=O) groups excluding carboxylic acids is 4. The molecule has 7 nitrogen and oxygen atoms in total. The third kappa shape index (κ3) is 3.84. The lowest BCUT2D eigenvalue weighted by atomic mass is 10.1. The van der Waals surface area contributed by atoms with Crippen LogP contribution in [0.25, 0.3) is 0 Å². The minimum absolute atomic E-state index is 0.287. The van der Waals surface area contributed by atoms with Crippen molar-refractivity contribution >= 4 is 35.5 Å². The predicted molar refractivity (Wildman–Crippen MR) is 93.3 cm³/mol. The van der Waals surface area contributed by atoms with E-state index in [2.05, 4.69) is 10.1 Å². The van der Waals surface area contributed by atoms with Gasteiger partial charge in [0.25, 0.3) is 11.8 Å². The number of carbonyl (C=O) groups is 4. The molecule has 0 unspecified atom stereocenters. The van der Waals surface area contributed by atoms with Gasteiger partial charge in [-0.05, 0) is 37.5 Å². The molecule has 0 saturated carbocycles. The summed E-state index contributed by atoms with van der Waals surface area (Å²) in [4.78, 5) is 50.4. The zero-order valence-corrected chi connectivity index (χ0v) is 15.1. The number of hydrogen-bond acceptors (Lipinski definition) is 6. The van der Waals surface area contributed by atoms with Gasteiger partial charge in [-0.1, -0.05) is 12.1 Å². The van der Waals surface area contributed by atoms with Gasteiger partial charge in [-0.15, -0.1) is 0 Å². The molecule has 2 rings (SSSR count). The number of imide groups is 1. The van der Waals surface area contributed by atoms with Crippen LogP contribution in [0.15, 0.2) is 24.3 Å². The number of esters is 1. The van der Waals surface area contributed by atoms with Crippen LogP contribution in [-0.4, -0.2) is 59.8 Å². The number of amides is 3. The second-order valence-electron chi connectivity index (χ2n) is 5.58. The number of hydrogen-bond donors (Lipinski definition) is 1. The molecule has 0 bridgehead atoms. The highest BCUT2D eigenvalue weighted by atomic mass is 32.2. The average Bonchev–Trinajstić information content (AvgIpc) is 2.86. The standard InChI is InChI=1S/C17H20N2O5S/c1-10(17(23)24-2)18-14(20)13(8-9-25-3)19-15(21)11-6-4-5-7-12(11)16(19)22/h4-7,10,13H,8-9H2,1-3H3,(H,18,20)/t10-,13-/m0/s1. The Balaban J connectivity index is 2.26. The lowest BCUT2D eigenvalue weighted by Gasteiger charge is -2.26. The Kier molecular flexibility index (Phi) is 6.19. The van der Waals surface area contributed by atoms with Crippen LogP contribution in [-0.2, 0) is 14.3 Å². The van der Waals surface area contributed by atoms with Crippen molar-refractivity contribution in [3.8, 4) is 0 Å². The van der Waals surface area contributed by atoms with Crippen molar-refractivity contribution in [2.45, 2.75) is 25.4 Å². The summed E-state index contributed by atoms with van der Waals surface area (Å²) in [5, 5.41) is 2.52. The number of thioether (sulfide) groups is 1. The van der Waals surface area contributed by atoms with E-state index >= 15 is 0 Å². The van der Waals surface area contributed by atoms with Gasteiger partial charge in [-0.2, -0.15) is 11.8 Å². The monoisotopic (exact) mass is 364 g/mol. The molecular weight excluding hydrogens is 344 g/mol. The minimum atomic E-state index is -0.980. The summed E-state index contributed by atoms with van der Waals surface area (Å²) in [6.07, 6.45) is 2.17. The number of rotatable bonds is 7. The molecule has 2 atom stereocenters. The van der Waals surface area contributed by atoms with E-state index < -0.39 is 35.8 Å². The molecule has 0 aromatic heterocycles. The van der Waals surface area contributed by atoms with Crippen LogP contribution in [0, 0.1) is 0 Å². The van der Waals surface area contributed by atoms with E-state index in [1.807, 2.05) is 6.26 Å². The maximum Gasteiger partial charge on any atom is 0.328 e. The molecule has 1 N–H and O–H groups in total. The second kappa shape index (κ2) is 8.15. The van der Waals surface area contributed by atoms with Crippen molar-refractivity contribution in [1.82, 2.24) is 10.2 Å². The Bertz CT molecular complexity index is 671. The van der Waals surface area contributed by atoms with Gasteiger partial charge >= 0.3 is 5.97 Å². The third-order valence-corrected chi connectivity index (χ3v) is 4.59. The lowest BCUT2D eigenvalue weighted by Crippen LogP contribution is -2.53. The number of nitrogens with one attached hydrogen (secondary N) is 1. The quantitative estimate of drug-likeness (QED) is 0.575. The normalized spacial score (nSPS) is 15.6. The zero-order chi connectivity index (χ0) is 18.6. The van der Waals surface area contributed by atoms with Crippen molar-refractivity contribution in [2.24, 2.45) is 0 Å². The van der Waals surface area contributed by atoms with Gasteiger partial charge in [0.1, 0.15) is 12.1 Å². The fourth-order valence-corrected chi connectivity index (χ4v) is 3.10. The van der Waals surface area contributed by atoms with Crippen molar-refractivity contribution in [3.05, 3.63) is 35.4 Å². The molecule has 0 spiro atoms. The summed E-state index contributed by atoms with van der Waals surface area (Å²) in [5.74, 6) is -1.56. The fourth-order valence-electron chi connectivity index (χ4n) is 2.64. The largest absolute Gasteiger partial charge is 0.467 e. The van der Waals surface area contributed by atoms with Crippen LogP contribution in [0.3, 0.4) is 0 Å². The summed E-state index contributed by atoms with van der Waals surface area (Å²) in [6.45, 7) is 1.48. The van der Waals surface area contributed by atoms with E-state index in [0.717, 1.165) is 4.90 Å². The fraction of sp³-hybridized carbons (Fsp3) is 0.412. The van der Waals surface area contributed by atoms with E-state index in [1.165, 1.54) is 25.8 Å². The van der Waals surface area contributed by atoms with Gasteiger partial charge in [0, 0.05) is 0 Å². The first-order valence-corrected chi connectivity index (χ1v) is 9.15. The molecule has 25 heavy (non-hydrogen) atoms. The predicted octanol–water partition coefficient (Wildman–Crippen LogP) is 1.08. The van der Waals surface area contributed by atoms with Crippen molar-refractivity contribution in [2.75, 3.05) is 19.1 Å². The second-order valence-corrected chi connectivity index (χ2v) is 6.56. The molecule has 1 aromatic carbocycles. The van der Waals surface area contributed by atoms with E-state index in [1.54, 1.807) is 24.3 Å². The van der Waals surface area contributed by atoms with Crippen LogP contribution < -0.4 is 5.32 Å². The molecule has 1 aliphatic heterocycles. The van der Waals surface area contributed by atoms with Gasteiger partial charge in [0.05, 0.1) is 18.2 Å². The maximum absolute atomic E-state index is 12.6. The highest BCUT2D eigenvalue weighted by Gasteiger charge is 2.42. The third-order valence-electron chi connectivity index (χ3n) is 3.95. The number of benzene rings is 1. The highest BCUT2D eigenvalue weighted by Crippen LogP contribution is 2.26. The number of ether oxygens (including phenoxy) is 1. The van der Waals surface area contributed by atoms with Crippen LogP contribution in [0.2, 0.25) is 0 Å². The van der Waals surface area contributed by atoms with Crippen LogP contribution in [0.4, 0.5) is 0 Å². The maximum atomic E-state index is 12.6. The van der Waals surface area contributed by atoms with E-state index in [0.29, 0.717) is 12.2 Å². The number of fused-ring (bicyclic) bond motifs is 1. The summed E-state index contributed by atoms with van der Waals surface area (Å²) in [7, 11) is 1.22. The summed E-state index contributed by atoms with van der Waals surface area (Å²) < 4.78 is 4.59. The van der Waals surface area contributed by atoms with Crippen molar-refractivity contribution < 1.29 is 23.9 Å². The molecule has 0 fully saturated rings. The SMILES string of the molecule is COC(=O)[C@H](C)NC(=O)[C@H](CCSC)N1C(=O)c2ccccc2C1=O. The first kappa shape index (κ1) is 19.0. The molecule has 1 aromatic rings. The molecule has 8 heteroatoms. The van der Waals surface area contributed by atoms with Gasteiger partial charge in [0.2, 0.25) is 5.91 Å². The molecular formula is C17H20N2O5S. The first-order valence-electron chi connectivity index (χ1n) is 7.76. The lowest BCUT2D eigenvalue weighted by molar-refractivity contribution is -0.145. The van der Waals surface area contributed by atoms with Gasteiger partial charge in [-0.3, -0.25) is 19.3 Å². The first-order chi connectivity index (χ1) is 11.9. The van der Waals surface area contributed by atoms with Gasteiger partial charge < -0.3 is 10.1 Å². The number of nitrogens with zero attached hydrogens (tertiary/aromatic N) is 1.